The highest BCUT2D eigenvalue weighted by molar-refractivity contribution is 5.94. The minimum absolute atomic E-state index is 0.0155. The van der Waals surface area contributed by atoms with E-state index in [1.165, 1.54) is 16.7 Å². The average Bonchev–Trinajstić information content (AvgIpc) is 2.83. The number of aryl methyl sites for hydroxylation is 2. The summed E-state index contributed by atoms with van der Waals surface area (Å²) in [5.74, 6) is 0.0155. The zero-order chi connectivity index (χ0) is 13.2. The SMILES string of the molecule is Cc1ccc(C(=O)NC2CCc3ccccc32)cc1. The van der Waals surface area contributed by atoms with Crippen molar-refractivity contribution >= 4 is 5.91 Å². The Morgan fingerprint density at radius 2 is 1.84 bits per heavy atom. The number of fused-ring (bicyclic) bond motifs is 1. The molecule has 0 radical (unpaired) electrons. The van der Waals surface area contributed by atoms with Crippen LogP contribution in [-0.2, 0) is 6.42 Å². The highest BCUT2D eigenvalue weighted by Crippen LogP contribution is 2.30. The van der Waals surface area contributed by atoms with Crippen molar-refractivity contribution in [1.82, 2.24) is 5.32 Å². The van der Waals surface area contributed by atoms with Crippen molar-refractivity contribution in [3.8, 4) is 0 Å². The molecule has 1 aliphatic rings. The lowest BCUT2D eigenvalue weighted by atomic mass is 10.1. The summed E-state index contributed by atoms with van der Waals surface area (Å²) in [6.45, 7) is 2.02. The lowest BCUT2D eigenvalue weighted by Gasteiger charge is -2.14. The summed E-state index contributed by atoms with van der Waals surface area (Å²) in [4.78, 5) is 12.2. The van der Waals surface area contributed by atoms with Crippen molar-refractivity contribution < 1.29 is 4.79 Å². The quantitative estimate of drug-likeness (QED) is 0.870. The summed E-state index contributed by atoms with van der Waals surface area (Å²) < 4.78 is 0. The minimum Gasteiger partial charge on any atom is -0.345 e. The highest BCUT2D eigenvalue weighted by atomic mass is 16.1. The van der Waals surface area contributed by atoms with Crippen LogP contribution in [0.2, 0.25) is 0 Å². The number of hydrogen-bond acceptors (Lipinski definition) is 1. The smallest absolute Gasteiger partial charge is 0.251 e. The van der Waals surface area contributed by atoms with Gasteiger partial charge in [-0.1, -0.05) is 42.0 Å². The first-order valence-electron chi connectivity index (χ1n) is 6.69. The molecule has 0 spiro atoms. The summed E-state index contributed by atoms with van der Waals surface area (Å²) in [5.41, 5.74) is 4.53. The van der Waals surface area contributed by atoms with Gasteiger partial charge in [-0.05, 0) is 43.0 Å². The molecule has 1 amide bonds. The topological polar surface area (TPSA) is 29.1 Å². The number of nitrogens with one attached hydrogen (secondary N) is 1. The predicted molar refractivity (Wildman–Crippen MR) is 76.1 cm³/mol. The first kappa shape index (κ1) is 12.0. The van der Waals surface area contributed by atoms with Crippen LogP contribution in [0.5, 0.6) is 0 Å². The van der Waals surface area contributed by atoms with Gasteiger partial charge in [-0.2, -0.15) is 0 Å². The summed E-state index contributed by atoms with van der Waals surface area (Å²) in [5, 5.41) is 3.13. The molecule has 0 heterocycles. The molecule has 19 heavy (non-hydrogen) atoms. The van der Waals surface area contributed by atoms with Crippen LogP contribution in [0.4, 0.5) is 0 Å². The first-order valence-corrected chi connectivity index (χ1v) is 6.69. The average molecular weight is 251 g/mol. The van der Waals surface area contributed by atoms with Crippen LogP contribution in [0.25, 0.3) is 0 Å². The van der Waals surface area contributed by atoms with E-state index in [0.29, 0.717) is 0 Å². The van der Waals surface area contributed by atoms with E-state index >= 15 is 0 Å². The number of benzene rings is 2. The molecule has 0 bridgehead atoms. The molecule has 1 unspecified atom stereocenters. The number of carbonyl (C=O) groups is 1. The third-order valence-electron chi connectivity index (χ3n) is 3.75. The van der Waals surface area contributed by atoms with E-state index in [9.17, 15) is 4.79 Å². The molecule has 2 aromatic carbocycles. The van der Waals surface area contributed by atoms with E-state index in [2.05, 4.69) is 23.5 Å². The van der Waals surface area contributed by atoms with E-state index < -0.39 is 0 Å². The number of amides is 1. The molecule has 0 saturated heterocycles. The molecule has 2 nitrogen and oxygen atoms in total. The Morgan fingerprint density at radius 3 is 2.63 bits per heavy atom. The van der Waals surface area contributed by atoms with E-state index in [-0.39, 0.29) is 11.9 Å². The standard InChI is InChI=1S/C17H17NO/c1-12-6-8-14(9-7-12)17(19)18-16-11-10-13-4-2-3-5-15(13)16/h2-9,16H,10-11H2,1H3,(H,18,19). The summed E-state index contributed by atoms with van der Waals surface area (Å²) in [6, 6.07) is 16.2. The molecule has 1 atom stereocenters. The van der Waals surface area contributed by atoms with Gasteiger partial charge in [-0.25, -0.2) is 0 Å². The first-order chi connectivity index (χ1) is 9.24. The molecule has 0 aromatic heterocycles. The van der Waals surface area contributed by atoms with Gasteiger partial charge >= 0.3 is 0 Å². The lowest BCUT2D eigenvalue weighted by Crippen LogP contribution is -2.27. The van der Waals surface area contributed by atoms with E-state index in [1.807, 2.05) is 37.3 Å². The van der Waals surface area contributed by atoms with Crippen molar-refractivity contribution in [2.75, 3.05) is 0 Å². The molecule has 3 rings (SSSR count). The largest absolute Gasteiger partial charge is 0.345 e. The maximum absolute atomic E-state index is 12.2. The van der Waals surface area contributed by atoms with Crippen LogP contribution in [-0.4, -0.2) is 5.91 Å². The fourth-order valence-corrected chi connectivity index (χ4v) is 2.65. The van der Waals surface area contributed by atoms with Crippen molar-refractivity contribution in [1.29, 1.82) is 0 Å². The van der Waals surface area contributed by atoms with Crippen LogP contribution < -0.4 is 5.32 Å². The third kappa shape index (κ3) is 2.39. The highest BCUT2D eigenvalue weighted by Gasteiger charge is 2.23. The zero-order valence-electron chi connectivity index (χ0n) is 11.0. The van der Waals surface area contributed by atoms with Gasteiger partial charge in [0.15, 0.2) is 0 Å². The van der Waals surface area contributed by atoms with Crippen molar-refractivity contribution in [2.45, 2.75) is 25.8 Å². The van der Waals surface area contributed by atoms with Crippen LogP contribution in [0.1, 0.15) is 39.5 Å². The second-order valence-corrected chi connectivity index (χ2v) is 5.13. The second kappa shape index (κ2) is 4.88. The Kier molecular flexibility index (Phi) is 3.08. The fraction of sp³-hybridized carbons (Fsp3) is 0.235. The Balaban J connectivity index is 1.76. The Hall–Kier alpha value is -2.09. The van der Waals surface area contributed by atoms with Crippen LogP contribution in [0.15, 0.2) is 48.5 Å². The lowest BCUT2D eigenvalue weighted by molar-refractivity contribution is 0.0936. The van der Waals surface area contributed by atoms with Gasteiger partial charge < -0.3 is 5.32 Å². The molecule has 2 aromatic rings. The molecule has 0 saturated carbocycles. The third-order valence-corrected chi connectivity index (χ3v) is 3.75. The van der Waals surface area contributed by atoms with Gasteiger partial charge in [0.1, 0.15) is 0 Å². The zero-order valence-corrected chi connectivity index (χ0v) is 11.0. The van der Waals surface area contributed by atoms with Gasteiger partial charge in [0, 0.05) is 5.56 Å². The molecule has 2 heteroatoms. The molecule has 0 fully saturated rings. The Morgan fingerprint density at radius 1 is 1.11 bits per heavy atom. The second-order valence-electron chi connectivity index (χ2n) is 5.13. The predicted octanol–water partition coefficient (Wildman–Crippen LogP) is 3.41. The van der Waals surface area contributed by atoms with Crippen molar-refractivity contribution in [3.63, 3.8) is 0 Å². The normalized spacial score (nSPS) is 17.0. The van der Waals surface area contributed by atoms with Crippen molar-refractivity contribution in [2.24, 2.45) is 0 Å². The van der Waals surface area contributed by atoms with Gasteiger partial charge in [0.2, 0.25) is 0 Å². The molecule has 0 aliphatic heterocycles. The van der Waals surface area contributed by atoms with Gasteiger partial charge in [-0.3, -0.25) is 4.79 Å². The molecule has 1 N–H and O–H groups in total. The fourth-order valence-electron chi connectivity index (χ4n) is 2.65. The molecule has 96 valence electrons. The maximum atomic E-state index is 12.2. The molecular weight excluding hydrogens is 234 g/mol. The van der Waals surface area contributed by atoms with Gasteiger partial charge in [0.25, 0.3) is 5.91 Å². The van der Waals surface area contributed by atoms with E-state index in [0.717, 1.165) is 18.4 Å². The van der Waals surface area contributed by atoms with E-state index in [4.69, 9.17) is 0 Å². The number of rotatable bonds is 2. The van der Waals surface area contributed by atoms with Gasteiger partial charge in [-0.15, -0.1) is 0 Å². The summed E-state index contributed by atoms with van der Waals surface area (Å²) in [7, 11) is 0. The Bertz CT molecular complexity index is 601. The van der Waals surface area contributed by atoms with Gasteiger partial charge in [0.05, 0.1) is 6.04 Å². The maximum Gasteiger partial charge on any atom is 0.251 e. The summed E-state index contributed by atoms with van der Waals surface area (Å²) in [6.07, 6.45) is 2.05. The molecular formula is C17H17NO. The van der Waals surface area contributed by atoms with Crippen LogP contribution >= 0.6 is 0 Å². The van der Waals surface area contributed by atoms with Crippen molar-refractivity contribution in [3.05, 3.63) is 70.8 Å². The summed E-state index contributed by atoms with van der Waals surface area (Å²) >= 11 is 0. The molecule has 1 aliphatic carbocycles. The van der Waals surface area contributed by atoms with Crippen LogP contribution in [0, 0.1) is 6.92 Å². The number of carbonyl (C=O) groups excluding carboxylic acids is 1. The Labute approximate surface area is 113 Å². The van der Waals surface area contributed by atoms with E-state index in [1.54, 1.807) is 0 Å². The van der Waals surface area contributed by atoms with Crippen LogP contribution in [0.3, 0.4) is 0 Å². The number of hydrogen-bond donors (Lipinski definition) is 1. The minimum atomic E-state index is 0.0155. The monoisotopic (exact) mass is 251 g/mol.